The van der Waals surface area contributed by atoms with Crippen molar-refractivity contribution in [1.29, 1.82) is 0 Å². The SMILES string of the molecule is C=C(NCC1(O)CN(C(=O)c2ccc(F)c(F)c2Nc2ccc(I)cc2F)C1)C(=O)NCC. The Bertz CT molecular complexity index is 1110. The molecule has 0 radical (unpaired) electrons. The first-order valence-corrected chi connectivity index (χ1v) is 11.0. The van der Waals surface area contributed by atoms with Crippen LogP contribution in [-0.4, -0.2) is 53.6 Å². The van der Waals surface area contributed by atoms with E-state index in [9.17, 15) is 27.9 Å². The first kappa shape index (κ1) is 24.8. The molecule has 176 valence electrons. The average molecular weight is 574 g/mol. The van der Waals surface area contributed by atoms with E-state index in [2.05, 4.69) is 22.5 Å². The van der Waals surface area contributed by atoms with E-state index < -0.39 is 40.6 Å². The second kappa shape index (κ2) is 10.00. The monoisotopic (exact) mass is 574 g/mol. The van der Waals surface area contributed by atoms with Gasteiger partial charge in [0.1, 0.15) is 11.4 Å². The van der Waals surface area contributed by atoms with Gasteiger partial charge in [-0.15, -0.1) is 0 Å². The maximum absolute atomic E-state index is 14.6. The number of benzene rings is 2. The van der Waals surface area contributed by atoms with Crippen LogP contribution in [0.1, 0.15) is 17.3 Å². The first-order chi connectivity index (χ1) is 15.5. The molecule has 1 fully saturated rings. The molecule has 2 amide bonds. The van der Waals surface area contributed by atoms with Crippen molar-refractivity contribution in [1.82, 2.24) is 15.5 Å². The van der Waals surface area contributed by atoms with Crippen molar-refractivity contribution in [3.63, 3.8) is 0 Å². The predicted octanol–water partition coefficient (Wildman–Crippen LogP) is 2.88. The summed E-state index contributed by atoms with van der Waals surface area (Å²) in [6.07, 6.45) is 0. The van der Waals surface area contributed by atoms with Crippen molar-refractivity contribution in [3.05, 3.63) is 69.2 Å². The largest absolute Gasteiger partial charge is 0.384 e. The number of nitrogens with zero attached hydrogens (tertiary/aromatic N) is 1. The number of halogens is 4. The average Bonchev–Trinajstić information content (AvgIpc) is 2.74. The predicted molar refractivity (Wildman–Crippen MR) is 125 cm³/mol. The lowest BCUT2D eigenvalue weighted by molar-refractivity contribution is -0.118. The second-order valence-electron chi connectivity index (χ2n) is 7.61. The third kappa shape index (κ3) is 5.58. The number of rotatable bonds is 8. The highest BCUT2D eigenvalue weighted by Crippen LogP contribution is 2.31. The minimum Gasteiger partial charge on any atom is -0.384 e. The van der Waals surface area contributed by atoms with Crippen LogP contribution in [0, 0.1) is 21.0 Å². The molecule has 1 aliphatic rings. The van der Waals surface area contributed by atoms with Gasteiger partial charge in [-0.2, -0.15) is 0 Å². The lowest BCUT2D eigenvalue weighted by atomic mass is 9.92. The number of nitrogens with one attached hydrogen (secondary N) is 3. The van der Waals surface area contributed by atoms with Gasteiger partial charge >= 0.3 is 0 Å². The number of carbonyl (C=O) groups is 2. The Morgan fingerprint density at radius 2 is 1.85 bits per heavy atom. The van der Waals surface area contributed by atoms with Gasteiger partial charge in [0.25, 0.3) is 11.8 Å². The minimum atomic E-state index is -1.33. The number of carbonyl (C=O) groups excluding carboxylic acids is 2. The van der Waals surface area contributed by atoms with E-state index in [1.165, 1.54) is 17.0 Å². The van der Waals surface area contributed by atoms with E-state index in [0.29, 0.717) is 10.1 Å². The highest BCUT2D eigenvalue weighted by Gasteiger charge is 2.44. The van der Waals surface area contributed by atoms with Gasteiger partial charge in [0.2, 0.25) is 0 Å². The Balaban J connectivity index is 1.73. The summed E-state index contributed by atoms with van der Waals surface area (Å²) in [6, 6.07) is 6.04. The number of β-amino-alcohol motifs (C(OH)–C–C–N with tert-alkyl or cyclic N) is 1. The minimum absolute atomic E-state index is 0.0382. The molecule has 2 aromatic rings. The smallest absolute Gasteiger partial charge is 0.266 e. The number of hydrogen-bond acceptors (Lipinski definition) is 5. The molecule has 0 bridgehead atoms. The van der Waals surface area contributed by atoms with Crippen molar-refractivity contribution in [2.45, 2.75) is 12.5 Å². The molecular formula is C22H22F3IN4O3. The van der Waals surface area contributed by atoms with Gasteiger partial charge in [-0.1, -0.05) is 6.58 Å². The fourth-order valence-electron chi connectivity index (χ4n) is 3.29. The van der Waals surface area contributed by atoms with E-state index >= 15 is 0 Å². The normalized spacial score (nSPS) is 14.3. The summed E-state index contributed by atoms with van der Waals surface area (Å²) < 4.78 is 43.3. The van der Waals surface area contributed by atoms with Gasteiger partial charge in [0.15, 0.2) is 11.6 Å². The zero-order valence-electron chi connectivity index (χ0n) is 17.6. The number of anilines is 2. The molecule has 0 aromatic heterocycles. The molecule has 1 heterocycles. The Morgan fingerprint density at radius 1 is 1.15 bits per heavy atom. The van der Waals surface area contributed by atoms with Crippen LogP contribution in [0.4, 0.5) is 24.5 Å². The van der Waals surface area contributed by atoms with Crippen molar-refractivity contribution in [3.8, 4) is 0 Å². The highest BCUT2D eigenvalue weighted by molar-refractivity contribution is 14.1. The molecule has 1 saturated heterocycles. The summed E-state index contributed by atoms with van der Waals surface area (Å²) in [5.74, 6) is -4.30. The third-order valence-electron chi connectivity index (χ3n) is 5.02. The van der Waals surface area contributed by atoms with Crippen LogP contribution in [0.25, 0.3) is 0 Å². The molecule has 1 aliphatic heterocycles. The zero-order valence-corrected chi connectivity index (χ0v) is 19.8. The van der Waals surface area contributed by atoms with Crippen molar-refractivity contribution in [2.75, 3.05) is 31.5 Å². The van der Waals surface area contributed by atoms with Gasteiger partial charge in [-0.3, -0.25) is 9.59 Å². The van der Waals surface area contributed by atoms with Gasteiger partial charge in [0.05, 0.1) is 35.7 Å². The van der Waals surface area contributed by atoms with Crippen molar-refractivity contribution in [2.24, 2.45) is 0 Å². The lowest BCUT2D eigenvalue weighted by Gasteiger charge is -2.46. The van der Waals surface area contributed by atoms with E-state index in [0.717, 1.165) is 12.1 Å². The fraction of sp³-hybridized carbons (Fsp3) is 0.273. The van der Waals surface area contributed by atoms with E-state index in [4.69, 9.17) is 0 Å². The van der Waals surface area contributed by atoms with Crippen molar-refractivity contribution < 1.29 is 27.9 Å². The standard InChI is InChI=1S/C22H22F3IN4O3/c1-3-27-20(31)12(2)28-9-22(33)10-30(11-22)21(32)14-5-6-15(23)18(25)19(14)29-17-7-4-13(26)8-16(17)24/h4-8,28-29,33H,2-3,9-11H2,1H3,(H,27,31). The van der Waals surface area contributed by atoms with E-state index in [-0.39, 0.29) is 36.6 Å². The Hall–Kier alpha value is -2.80. The Labute approximate surface area is 202 Å². The topological polar surface area (TPSA) is 93.7 Å². The number of aliphatic hydroxyl groups is 1. The number of likely N-dealkylation sites (N-methyl/N-ethyl adjacent to an activating group) is 1. The molecule has 0 unspecified atom stereocenters. The van der Waals surface area contributed by atoms with Gasteiger partial charge < -0.3 is 26.0 Å². The molecule has 0 atom stereocenters. The molecular weight excluding hydrogens is 552 g/mol. The molecule has 3 rings (SSSR count). The van der Waals surface area contributed by atoms with E-state index in [1.807, 2.05) is 22.6 Å². The molecule has 0 aliphatic carbocycles. The zero-order chi connectivity index (χ0) is 24.3. The molecule has 2 aromatic carbocycles. The summed E-state index contributed by atoms with van der Waals surface area (Å²) in [7, 11) is 0. The fourth-order valence-corrected chi connectivity index (χ4v) is 3.74. The molecule has 0 saturated carbocycles. The maximum atomic E-state index is 14.6. The van der Waals surface area contributed by atoms with Crippen LogP contribution in [0.5, 0.6) is 0 Å². The maximum Gasteiger partial charge on any atom is 0.266 e. The lowest BCUT2D eigenvalue weighted by Crippen LogP contribution is -2.67. The summed E-state index contributed by atoms with van der Waals surface area (Å²) >= 11 is 1.91. The second-order valence-corrected chi connectivity index (χ2v) is 8.86. The molecule has 11 heteroatoms. The van der Waals surface area contributed by atoms with Crippen molar-refractivity contribution >= 4 is 45.8 Å². The van der Waals surface area contributed by atoms with Gasteiger partial charge in [-0.25, -0.2) is 13.2 Å². The summed E-state index contributed by atoms with van der Waals surface area (Å²) in [6.45, 7) is 5.49. The third-order valence-corrected chi connectivity index (χ3v) is 5.69. The van der Waals surface area contributed by atoms with Gasteiger partial charge in [0, 0.05) is 16.7 Å². The summed E-state index contributed by atoms with van der Waals surface area (Å²) in [4.78, 5) is 25.9. The highest BCUT2D eigenvalue weighted by atomic mass is 127. The van der Waals surface area contributed by atoms with Crippen LogP contribution < -0.4 is 16.0 Å². The van der Waals surface area contributed by atoms with Crippen LogP contribution in [0.2, 0.25) is 0 Å². The number of likely N-dealkylation sites (tertiary alicyclic amines) is 1. The molecule has 4 N–H and O–H groups in total. The van der Waals surface area contributed by atoms with Crippen LogP contribution in [-0.2, 0) is 4.79 Å². The number of amides is 2. The summed E-state index contributed by atoms with van der Waals surface area (Å²) in [5, 5.41) is 18.3. The first-order valence-electron chi connectivity index (χ1n) is 9.97. The molecule has 0 spiro atoms. The Kier molecular flexibility index (Phi) is 7.52. The molecule has 33 heavy (non-hydrogen) atoms. The molecule has 7 nitrogen and oxygen atoms in total. The van der Waals surface area contributed by atoms with Crippen LogP contribution in [0.15, 0.2) is 42.6 Å². The number of hydrogen-bond donors (Lipinski definition) is 4. The van der Waals surface area contributed by atoms with E-state index in [1.54, 1.807) is 13.0 Å². The quantitative estimate of drug-likeness (QED) is 0.288. The van der Waals surface area contributed by atoms with Gasteiger partial charge in [-0.05, 0) is 59.8 Å². The Morgan fingerprint density at radius 3 is 2.48 bits per heavy atom. The van der Waals surface area contributed by atoms with Crippen LogP contribution in [0.3, 0.4) is 0 Å². The van der Waals surface area contributed by atoms with Crippen LogP contribution >= 0.6 is 22.6 Å². The summed E-state index contributed by atoms with van der Waals surface area (Å²) in [5.41, 5.74) is -2.10.